The summed E-state index contributed by atoms with van der Waals surface area (Å²) in [5.74, 6) is 0.129. The number of hydrogen-bond donors (Lipinski definition) is 1. The van der Waals surface area contributed by atoms with E-state index in [1.165, 1.54) is 11.8 Å². The van der Waals surface area contributed by atoms with Crippen molar-refractivity contribution in [2.45, 2.75) is 5.16 Å². The highest BCUT2D eigenvalue weighted by Crippen LogP contribution is 2.29. The third-order valence-electron chi connectivity index (χ3n) is 2.78. The largest absolute Gasteiger partial charge is 0.507 e. The monoisotopic (exact) mass is 285 g/mol. The van der Waals surface area contributed by atoms with Crippen molar-refractivity contribution in [3.05, 3.63) is 43.1 Å². The molecule has 1 N–H and O–H groups in total. The maximum absolute atomic E-state index is 10.1. The molecule has 0 atom stereocenters. The molecule has 6 nitrogen and oxygen atoms in total. The number of aromatic hydroxyl groups is 1. The minimum Gasteiger partial charge on any atom is -0.507 e. The number of benzene rings is 1. The van der Waals surface area contributed by atoms with Crippen molar-refractivity contribution in [1.29, 1.82) is 0 Å². The van der Waals surface area contributed by atoms with Gasteiger partial charge in [0.15, 0.2) is 0 Å². The molecule has 0 spiro atoms. The topological polar surface area (TPSA) is 76.7 Å². The van der Waals surface area contributed by atoms with Crippen molar-refractivity contribution in [1.82, 2.24) is 24.7 Å². The lowest BCUT2D eigenvalue weighted by Crippen LogP contribution is -1.94. The van der Waals surface area contributed by atoms with E-state index in [9.17, 15) is 5.11 Å². The van der Waals surface area contributed by atoms with E-state index in [2.05, 4.69) is 20.2 Å². The average molecular weight is 285 g/mol. The summed E-state index contributed by atoms with van der Waals surface area (Å²) in [4.78, 5) is 8.12. The molecule has 1 aromatic carbocycles. The molecule has 100 valence electrons. The highest BCUT2D eigenvalue weighted by Gasteiger charge is 2.09. The Bertz CT molecular complexity index is 712. The first-order valence-corrected chi connectivity index (χ1v) is 7.06. The molecular formula is C13H11N5OS. The average Bonchev–Trinajstić information content (AvgIpc) is 3.01. The van der Waals surface area contributed by atoms with Crippen LogP contribution in [0.2, 0.25) is 0 Å². The number of nitrogens with zero attached hydrogens (tertiary/aromatic N) is 5. The molecule has 2 aromatic heterocycles. The SMILES string of the molecule is CSc1ncc(-c2ccc(-n3ccnc3)cc2O)nn1. The fourth-order valence-corrected chi connectivity index (χ4v) is 2.07. The number of thioether (sulfide) groups is 1. The van der Waals surface area contributed by atoms with Gasteiger partial charge in [-0.05, 0) is 18.4 Å². The van der Waals surface area contributed by atoms with Crippen LogP contribution in [0.4, 0.5) is 0 Å². The first-order chi connectivity index (χ1) is 9.78. The lowest BCUT2D eigenvalue weighted by molar-refractivity contribution is 0.476. The minimum atomic E-state index is 0.129. The molecule has 0 aliphatic carbocycles. The number of aromatic nitrogens is 5. The number of imidazole rings is 1. The number of phenols is 1. The fourth-order valence-electron chi connectivity index (χ4n) is 1.79. The van der Waals surface area contributed by atoms with E-state index in [1.807, 2.05) is 23.1 Å². The van der Waals surface area contributed by atoms with Gasteiger partial charge >= 0.3 is 0 Å². The summed E-state index contributed by atoms with van der Waals surface area (Å²) in [7, 11) is 0. The second-order valence-corrected chi connectivity index (χ2v) is 4.77. The van der Waals surface area contributed by atoms with Crippen LogP contribution in [-0.2, 0) is 0 Å². The van der Waals surface area contributed by atoms with Gasteiger partial charge in [0, 0.05) is 24.0 Å². The molecule has 2 heterocycles. The number of phenolic OH excluding ortho intramolecular Hbond substituents is 1. The van der Waals surface area contributed by atoms with E-state index in [0.29, 0.717) is 16.4 Å². The molecule has 0 radical (unpaired) electrons. The standard InChI is InChI=1S/C13H11N5OS/c1-20-13-15-7-11(16-17-13)10-3-2-9(6-12(10)19)18-5-4-14-8-18/h2-8,19H,1H3. The summed E-state index contributed by atoms with van der Waals surface area (Å²) in [6.45, 7) is 0. The zero-order valence-corrected chi connectivity index (χ0v) is 11.4. The van der Waals surface area contributed by atoms with Crippen molar-refractivity contribution in [2.75, 3.05) is 6.26 Å². The van der Waals surface area contributed by atoms with Crippen molar-refractivity contribution >= 4 is 11.8 Å². The molecule has 0 aliphatic rings. The van der Waals surface area contributed by atoms with Gasteiger partial charge in [-0.2, -0.15) is 0 Å². The van der Waals surface area contributed by atoms with Crippen molar-refractivity contribution in [3.8, 4) is 22.7 Å². The second kappa shape index (κ2) is 5.30. The second-order valence-electron chi connectivity index (χ2n) is 4.00. The van der Waals surface area contributed by atoms with E-state index in [4.69, 9.17) is 0 Å². The summed E-state index contributed by atoms with van der Waals surface area (Å²) in [5.41, 5.74) is 1.96. The van der Waals surface area contributed by atoms with Crippen LogP contribution in [0.3, 0.4) is 0 Å². The fraction of sp³-hybridized carbons (Fsp3) is 0.0769. The molecule has 0 saturated carbocycles. The predicted molar refractivity (Wildman–Crippen MR) is 75.8 cm³/mol. The van der Waals surface area contributed by atoms with E-state index >= 15 is 0 Å². The lowest BCUT2D eigenvalue weighted by Gasteiger charge is -2.07. The predicted octanol–water partition coefficient (Wildman–Crippen LogP) is 2.15. The van der Waals surface area contributed by atoms with Gasteiger partial charge in [0.25, 0.3) is 0 Å². The number of rotatable bonds is 3. The van der Waals surface area contributed by atoms with Gasteiger partial charge in [-0.3, -0.25) is 0 Å². The number of hydrogen-bond acceptors (Lipinski definition) is 6. The Morgan fingerprint density at radius 1 is 1.25 bits per heavy atom. The van der Waals surface area contributed by atoms with Gasteiger partial charge in [0.05, 0.1) is 18.2 Å². The van der Waals surface area contributed by atoms with Crippen molar-refractivity contribution in [2.24, 2.45) is 0 Å². The Kier molecular flexibility index (Phi) is 3.34. The third-order valence-corrected chi connectivity index (χ3v) is 3.34. The summed E-state index contributed by atoms with van der Waals surface area (Å²) < 4.78 is 1.81. The molecule has 0 unspecified atom stereocenters. The molecule has 0 aliphatic heterocycles. The first-order valence-electron chi connectivity index (χ1n) is 5.83. The van der Waals surface area contributed by atoms with Crippen molar-refractivity contribution < 1.29 is 5.11 Å². The molecule has 20 heavy (non-hydrogen) atoms. The summed E-state index contributed by atoms with van der Waals surface area (Å²) in [6.07, 6.45) is 8.65. The van der Waals surface area contributed by atoms with E-state index in [-0.39, 0.29) is 5.75 Å². The molecule has 0 amide bonds. The molecule has 0 fully saturated rings. The van der Waals surface area contributed by atoms with Gasteiger partial charge in [-0.1, -0.05) is 11.8 Å². The van der Waals surface area contributed by atoms with Crippen LogP contribution >= 0.6 is 11.8 Å². The molecule has 3 aromatic rings. The molecular weight excluding hydrogens is 274 g/mol. The normalized spacial score (nSPS) is 10.7. The minimum absolute atomic E-state index is 0.129. The first kappa shape index (κ1) is 12.6. The van der Waals surface area contributed by atoms with E-state index in [1.54, 1.807) is 30.9 Å². The van der Waals surface area contributed by atoms with Crippen LogP contribution < -0.4 is 0 Å². The highest BCUT2D eigenvalue weighted by atomic mass is 32.2. The highest BCUT2D eigenvalue weighted by molar-refractivity contribution is 7.98. The smallest absolute Gasteiger partial charge is 0.208 e. The van der Waals surface area contributed by atoms with Gasteiger partial charge in [-0.15, -0.1) is 10.2 Å². The van der Waals surface area contributed by atoms with Crippen molar-refractivity contribution in [3.63, 3.8) is 0 Å². The van der Waals surface area contributed by atoms with Crippen LogP contribution in [0.1, 0.15) is 0 Å². The summed E-state index contributed by atoms with van der Waals surface area (Å²) in [5, 5.41) is 18.8. The van der Waals surface area contributed by atoms with Crippen LogP contribution in [-0.4, -0.2) is 36.1 Å². The van der Waals surface area contributed by atoms with Gasteiger partial charge in [0.1, 0.15) is 11.4 Å². The molecule has 0 bridgehead atoms. The maximum atomic E-state index is 10.1. The van der Waals surface area contributed by atoms with Crippen LogP contribution in [0, 0.1) is 0 Å². The molecule has 7 heteroatoms. The van der Waals surface area contributed by atoms with Crippen LogP contribution in [0.5, 0.6) is 5.75 Å². The quantitative estimate of drug-likeness (QED) is 0.743. The van der Waals surface area contributed by atoms with Gasteiger partial charge < -0.3 is 9.67 Å². The Labute approximate surface area is 119 Å². The molecule has 3 rings (SSSR count). The molecule has 0 saturated heterocycles. The Balaban J connectivity index is 1.98. The lowest BCUT2D eigenvalue weighted by atomic mass is 10.1. The third kappa shape index (κ3) is 2.35. The van der Waals surface area contributed by atoms with E-state index < -0.39 is 0 Å². The Morgan fingerprint density at radius 2 is 2.15 bits per heavy atom. The summed E-state index contributed by atoms with van der Waals surface area (Å²) in [6, 6.07) is 5.32. The van der Waals surface area contributed by atoms with Crippen LogP contribution in [0.15, 0.2) is 48.3 Å². The maximum Gasteiger partial charge on any atom is 0.208 e. The van der Waals surface area contributed by atoms with E-state index in [0.717, 1.165) is 5.69 Å². The Morgan fingerprint density at radius 3 is 2.75 bits per heavy atom. The zero-order valence-electron chi connectivity index (χ0n) is 10.6. The van der Waals surface area contributed by atoms with Gasteiger partial charge in [-0.25, -0.2) is 9.97 Å². The van der Waals surface area contributed by atoms with Crippen LogP contribution in [0.25, 0.3) is 16.9 Å². The Hall–Kier alpha value is -2.41. The zero-order chi connectivity index (χ0) is 13.9. The van der Waals surface area contributed by atoms with Gasteiger partial charge in [0.2, 0.25) is 5.16 Å². The summed E-state index contributed by atoms with van der Waals surface area (Å²) >= 11 is 1.42.